The predicted molar refractivity (Wildman–Crippen MR) is 90.4 cm³/mol. The Morgan fingerprint density at radius 1 is 1.08 bits per heavy atom. The third-order valence-electron chi connectivity index (χ3n) is 3.94. The van der Waals surface area contributed by atoms with E-state index >= 15 is 0 Å². The molecule has 0 unspecified atom stereocenters. The molecular weight excluding hydrogens is 324 g/mol. The summed E-state index contributed by atoms with van der Waals surface area (Å²) in [5, 5.41) is 6.93. The normalized spacial score (nSPS) is 11.4. The Bertz CT molecular complexity index is 901. The summed E-state index contributed by atoms with van der Waals surface area (Å²) in [4.78, 5) is 12.5. The summed E-state index contributed by atoms with van der Waals surface area (Å²) in [6, 6.07) is 12.1. The zero-order chi connectivity index (χ0) is 18.0. The van der Waals surface area contributed by atoms with Gasteiger partial charge in [-0.2, -0.15) is 5.10 Å². The molecule has 0 aliphatic heterocycles. The monoisotopic (exact) mass is 341 g/mol. The highest BCUT2D eigenvalue weighted by molar-refractivity contribution is 5.94. The van der Waals surface area contributed by atoms with Crippen LogP contribution in [0.4, 0.5) is 8.78 Å². The van der Waals surface area contributed by atoms with Gasteiger partial charge in [-0.25, -0.2) is 13.5 Å². The Morgan fingerprint density at radius 3 is 2.44 bits per heavy atom. The SMILES string of the molecule is CC(C)(NC(=O)c1cnn(-c2ccccc2F)c1)c1ccc(F)cc1. The minimum absolute atomic E-state index is 0.263. The molecule has 0 fully saturated rings. The van der Waals surface area contributed by atoms with Gasteiger partial charge in [0, 0.05) is 6.20 Å². The lowest BCUT2D eigenvalue weighted by molar-refractivity contribution is 0.0912. The molecule has 1 heterocycles. The number of benzene rings is 2. The van der Waals surface area contributed by atoms with Crippen molar-refractivity contribution in [2.45, 2.75) is 19.4 Å². The van der Waals surface area contributed by atoms with Gasteiger partial charge in [-0.3, -0.25) is 4.79 Å². The average molecular weight is 341 g/mol. The fourth-order valence-corrected chi connectivity index (χ4v) is 2.50. The molecule has 0 spiro atoms. The number of nitrogens with one attached hydrogen (secondary N) is 1. The molecule has 4 nitrogen and oxygen atoms in total. The van der Waals surface area contributed by atoms with Gasteiger partial charge in [0.15, 0.2) is 0 Å². The van der Waals surface area contributed by atoms with E-state index in [1.807, 2.05) is 13.8 Å². The number of amides is 1. The van der Waals surface area contributed by atoms with Crippen molar-refractivity contribution < 1.29 is 13.6 Å². The molecule has 0 saturated heterocycles. The summed E-state index contributed by atoms with van der Waals surface area (Å²) in [7, 11) is 0. The van der Waals surface area contributed by atoms with E-state index in [1.165, 1.54) is 35.3 Å². The van der Waals surface area contributed by atoms with Crippen LogP contribution in [0.3, 0.4) is 0 Å². The molecule has 3 aromatic rings. The average Bonchev–Trinajstić information content (AvgIpc) is 3.05. The zero-order valence-corrected chi connectivity index (χ0v) is 13.8. The van der Waals surface area contributed by atoms with E-state index in [-0.39, 0.29) is 17.4 Å². The Kier molecular flexibility index (Phi) is 4.35. The van der Waals surface area contributed by atoms with E-state index in [0.717, 1.165) is 5.56 Å². The van der Waals surface area contributed by atoms with Gasteiger partial charge in [0.05, 0.1) is 17.3 Å². The van der Waals surface area contributed by atoms with Crippen molar-refractivity contribution in [3.05, 3.63) is 83.7 Å². The Labute approximate surface area is 144 Å². The number of aromatic nitrogens is 2. The van der Waals surface area contributed by atoms with Crippen molar-refractivity contribution in [3.8, 4) is 5.69 Å². The molecule has 0 atom stereocenters. The van der Waals surface area contributed by atoms with Crippen molar-refractivity contribution in [3.63, 3.8) is 0 Å². The smallest absolute Gasteiger partial charge is 0.255 e. The second kappa shape index (κ2) is 6.47. The van der Waals surface area contributed by atoms with Crippen LogP contribution in [0.5, 0.6) is 0 Å². The van der Waals surface area contributed by atoms with Crippen LogP contribution < -0.4 is 5.32 Å². The molecule has 1 aromatic heterocycles. The first-order chi connectivity index (χ1) is 11.9. The number of rotatable bonds is 4. The number of halogens is 2. The molecule has 0 saturated carbocycles. The summed E-state index contributed by atoms with van der Waals surface area (Å²) in [6.45, 7) is 3.64. The molecule has 0 radical (unpaired) electrons. The number of carbonyl (C=O) groups is 1. The Balaban J connectivity index is 1.80. The van der Waals surface area contributed by atoms with E-state index in [0.29, 0.717) is 5.56 Å². The molecule has 2 aromatic carbocycles. The molecule has 0 aliphatic rings. The largest absolute Gasteiger partial charge is 0.343 e. The molecule has 25 heavy (non-hydrogen) atoms. The minimum Gasteiger partial charge on any atom is -0.343 e. The first-order valence-electron chi connectivity index (χ1n) is 7.75. The maximum atomic E-state index is 13.8. The molecule has 3 rings (SSSR count). The van der Waals surface area contributed by atoms with Crippen LogP contribution in [-0.4, -0.2) is 15.7 Å². The third kappa shape index (κ3) is 3.57. The lowest BCUT2D eigenvalue weighted by atomic mass is 9.94. The van der Waals surface area contributed by atoms with Crippen molar-refractivity contribution in [1.29, 1.82) is 0 Å². The molecule has 0 bridgehead atoms. The third-order valence-corrected chi connectivity index (χ3v) is 3.94. The van der Waals surface area contributed by atoms with Crippen molar-refractivity contribution in [1.82, 2.24) is 15.1 Å². The van der Waals surface area contributed by atoms with Gasteiger partial charge in [0.2, 0.25) is 0 Å². The summed E-state index contributed by atoms with van der Waals surface area (Å²) >= 11 is 0. The summed E-state index contributed by atoms with van der Waals surface area (Å²) < 4.78 is 28.2. The van der Waals surface area contributed by atoms with Crippen LogP contribution in [-0.2, 0) is 5.54 Å². The van der Waals surface area contributed by atoms with Crippen LogP contribution in [0.15, 0.2) is 60.9 Å². The fourth-order valence-electron chi connectivity index (χ4n) is 2.50. The van der Waals surface area contributed by atoms with Gasteiger partial charge in [-0.1, -0.05) is 24.3 Å². The second-order valence-corrected chi connectivity index (χ2v) is 6.21. The van der Waals surface area contributed by atoms with E-state index in [2.05, 4.69) is 10.4 Å². The fraction of sp³-hybridized carbons (Fsp3) is 0.158. The van der Waals surface area contributed by atoms with E-state index in [1.54, 1.807) is 30.3 Å². The maximum absolute atomic E-state index is 13.8. The zero-order valence-electron chi connectivity index (χ0n) is 13.8. The van der Waals surface area contributed by atoms with E-state index in [4.69, 9.17) is 0 Å². The number of nitrogens with zero attached hydrogens (tertiary/aromatic N) is 2. The van der Waals surface area contributed by atoms with Crippen LogP contribution in [0.2, 0.25) is 0 Å². The van der Waals surface area contributed by atoms with Crippen molar-refractivity contribution >= 4 is 5.91 Å². The van der Waals surface area contributed by atoms with Crippen LogP contribution >= 0.6 is 0 Å². The highest BCUT2D eigenvalue weighted by Gasteiger charge is 2.24. The number of hydrogen-bond donors (Lipinski definition) is 1. The van der Waals surface area contributed by atoms with Crippen LogP contribution in [0.1, 0.15) is 29.8 Å². The van der Waals surface area contributed by atoms with Crippen LogP contribution in [0, 0.1) is 11.6 Å². The Hall–Kier alpha value is -3.02. The van der Waals surface area contributed by atoms with Gasteiger partial charge >= 0.3 is 0 Å². The second-order valence-electron chi connectivity index (χ2n) is 6.21. The quantitative estimate of drug-likeness (QED) is 0.784. The maximum Gasteiger partial charge on any atom is 0.255 e. The van der Waals surface area contributed by atoms with E-state index < -0.39 is 11.4 Å². The molecular formula is C19H17F2N3O. The van der Waals surface area contributed by atoms with Crippen LogP contribution in [0.25, 0.3) is 5.69 Å². The predicted octanol–water partition coefficient (Wildman–Crippen LogP) is 3.82. The summed E-state index contributed by atoms with van der Waals surface area (Å²) in [6.07, 6.45) is 2.84. The van der Waals surface area contributed by atoms with Crippen molar-refractivity contribution in [2.75, 3.05) is 0 Å². The lowest BCUT2D eigenvalue weighted by Crippen LogP contribution is -2.40. The molecule has 6 heteroatoms. The van der Waals surface area contributed by atoms with Gasteiger partial charge in [0.1, 0.15) is 17.3 Å². The standard InChI is InChI=1S/C19H17F2N3O/c1-19(2,14-7-9-15(20)10-8-14)23-18(25)13-11-22-24(12-13)17-6-4-3-5-16(17)21/h3-12H,1-2H3,(H,23,25). The minimum atomic E-state index is -0.703. The van der Waals surface area contributed by atoms with Gasteiger partial charge in [0.25, 0.3) is 5.91 Å². The van der Waals surface area contributed by atoms with Gasteiger partial charge in [-0.05, 0) is 43.7 Å². The lowest BCUT2D eigenvalue weighted by Gasteiger charge is -2.26. The molecule has 0 aliphatic carbocycles. The summed E-state index contributed by atoms with van der Waals surface area (Å²) in [5.41, 5.74) is 0.631. The molecule has 1 N–H and O–H groups in total. The number of para-hydroxylation sites is 1. The molecule has 1 amide bonds. The highest BCUT2D eigenvalue weighted by Crippen LogP contribution is 2.21. The summed E-state index contributed by atoms with van der Waals surface area (Å²) in [5.74, 6) is -1.11. The Morgan fingerprint density at radius 2 is 1.76 bits per heavy atom. The first-order valence-corrected chi connectivity index (χ1v) is 7.75. The highest BCUT2D eigenvalue weighted by atomic mass is 19.1. The first kappa shape index (κ1) is 16.8. The van der Waals surface area contributed by atoms with Gasteiger partial charge < -0.3 is 5.32 Å². The molecule has 128 valence electrons. The van der Waals surface area contributed by atoms with Gasteiger partial charge in [-0.15, -0.1) is 0 Å². The number of carbonyl (C=O) groups excluding carboxylic acids is 1. The topological polar surface area (TPSA) is 46.9 Å². The number of hydrogen-bond acceptors (Lipinski definition) is 2. The van der Waals surface area contributed by atoms with Crippen molar-refractivity contribution in [2.24, 2.45) is 0 Å². The van der Waals surface area contributed by atoms with E-state index in [9.17, 15) is 13.6 Å².